The van der Waals surface area contributed by atoms with Gasteiger partial charge < -0.3 is 44.1 Å². The number of Topliss-reactive ketones (excluding diaryl/α,β-unsaturated/α-hetero) is 3. The number of carbonyl (C=O) groups is 6. The SMILES string of the molecule is CC(=O)CCC(=O)[O-].CC(=O)CCC(=O)[O-].CC(=O)CCC(=O)[O-].[Cr+3]. The van der Waals surface area contributed by atoms with Crippen LogP contribution in [-0.4, -0.2) is 35.3 Å². The van der Waals surface area contributed by atoms with E-state index in [-0.39, 0.29) is 73.2 Å². The van der Waals surface area contributed by atoms with E-state index in [0.29, 0.717) is 0 Å². The summed E-state index contributed by atoms with van der Waals surface area (Å²) in [5.41, 5.74) is 0. The van der Waals surface area contributed by atoms with Crippen LogP contribution in [0.15, 0.2) is 0 Å². The molecule has 0 bridgehead atoms. The molecule has 0 aliphatic carbocycles. The number of carbonyl (C=O) groups excluding carboxylic acids is 6. The van der Waals surface area contributed by atoms with Gasteiger partial charge in [-0.3, -0.25) is 0 Å². The molecule has 0 atom stereocenters. The summed E-state index contributed by atoms with van der Waals surface area (Å²) < 4.78 is 0. The van der Waals surface area contributed by atoms with E-state index in [1.807, 2.05) is 0 Å². The molecule has 0 aromatic rings. The Kier molecular flexibility index (Phi) is 24.6. The van der Waals surface area contributed by atoms with Gasteiger partial charge in [-0.25, -0.2) is 0 Å². The third-order valence-corrected chi connectivity index (χ3v) is 2.04. The molecule has 0 aromatic carbocycles. The third-order valence-electron chi connectivity index (χ3n) is 2.04. The fourth-order valence-electron chi connectivity index (χ4n) is 0.834. The second-order valence-electron chi connectivity index (χ2n) is 4.72. The monoisotopic (exact) mass is 397 g/mol. The van der Waals surface area contributed by atoms with Gasteiger partial charge in [0.1, 0.15) is 17.3 Å². The molecule has 0 rings (SSSR count). The van der Waals surface area contributed by atoms with Gasteiger partial charge in [0.15, 0.2) is 0 Å². The van der Waals surface area contributed by atoms with Gasteiger partial charge in [0, 0.05) is 37.2 Å². The van der Waals surface area contributed by atoms with E-state index in [2.05, 4.69) is 0 Å². The van der Waals surface area contributed by atoms with Crippen LogP contribution < -0.4 is 15.3 Å². The van der Waals surface area contributed by atoms with Crippen LogP contribution in [0.4, 0.5) is 0 Å². The first kappa shape index (κ1) is 30.8. The van der Waals surface area contributed by atoms with Gasteiger partial charge in [-0.1, -0.05) is 0 Å². The number of ketones is 3. The van der Waals surface area contributed by atoms with E-state index in [1.54, 1.807) is 0 Å². The normalized spacial score (nSPS) is 8.28. The standard InChI is InChI=1S/3C5H8O3.Cr/c3*1-4(6)2-3-5(7)8;/h3*2-3H2,1H3,(H,7,8);/q;;;+3/p-3. The van der Waals surface area contributed by atoms with Crippen LogP contribution in [-0.2, 0) is 46.1 Å². The van der Waals surface area contributed by atoms with Crippen LogP contribution in [0.1, 0.15) is 59.3 Å². The number of aliphatic carboxylic acids is 3. The Morgan fingerprint density at radius 1 is 0.480 bits per heavy atom. The molecule has 0 fully saturated rings. The smallest absolute Gasteiger partial charge is 0.550 e. The molecule has 10 heteroatoms. The van der Waals surface area contributed by atoms with Crippen molar-refractivity contribution in [3.63, 3.8) is 0 Å². The van der Waals surface area contributed by atoms with Crippen LogP contribution >= 0.6 is 0 Å². The molecule has 0 amide bonds. The van der Waals surface area contributed by atoms with Crippen molar-refractivity contribution in [2.24, 2.45) is 0 Å². The summed E-state index contributed by atoms with van der Waals surface area (Å²) in [6.07, 6.45) is -0.215. The molecule has 9 nitrogen and oxygen atoms in total. The first-order chi connectivity index (χ1) is 10.9. The number of carboxylic acids is 3. The molecular weight excluding hydrogens is 376 g/mol. The maximum absolute atomic E-state index is 10.1. The molecule has 0 heterocycles. The number of rotatable bonds is 9. The van der Waals surface area contributed by atoms with Crippen LogP contribution in [0.2, 0.25) is 0 Å². The number of hydrogen-bond donors (Lipinski definition) is 0. The first-order valence-corrected chi connectivity index (χ1v) is 6.96. The molecule has 0 spiro atoms. The summed E-state index contributed by atoms with van der Waals surface area (Å²) >= 11 is 0. The summed E-state index contributed by atoms with van der Waals surface area (Å²) in [6, 6.07) is 0. The van der Waals surface area contributed by atoms with Crippen molar-refractivity contribution in [1.29, 1.82) is 0 Å². The van der Waals surface area contributed by atoms with E-state index >= 15 is 0 Å². The average Bonchev–Trinajstić information content (AvgIpc) is 2.42. The quantitative estimate of drug-likeness (QED) is 0.402. The number of hydrogen-bond acceptors (Lipinski definition) is 9. The number of carboxylic acid groups (broad SMARTS) is 3. The molecule has 0 aliphatic heterocycles. The van der Waals surface area contributed by atoms with Crippen LogP contribution in [0, 0.1) is 0 Å². The zero-order valence-electron chi connectivity index (χ0n) is 14.3. The summed E-state index contributed by atoms with van der Waals surface area (Å²) in [7, 11) is 0. The second-order valence-corrected chi connectivity index (χ2v) is 4.72. The summed E-state index contributed by atoms with van der Waals surface area (Å²) in [5, 5.41) is 28.9. The molecular formula is C15H21CrO9. The van der Waals surface area contributed by atoms with E-state index < -0.39 is 17.9 Å². The van der Waals surface area contributed by atoms with Crippen molar-refractivity contribution in [3.8, 4) is 0 Å². The van der Waals surface area contributed by atoms with E-state index in [9.17, 15) is 44.1 Å². The Bertz CT molecular complexity index is 349. The maximum atomic E-state index is 10.1. The maximum Gasteiger partial charge on any atom is 3.00 e. The Hall–Kier alpha value is -2.05. The Labute approximate surface area is 156 Å². The topological polar surface area (TPSA) is 172 Å². The van der Waals surface area contributed by atoms with E-state index in [0.717, 1.165) is 0 Å². The van der Waals surface area contributed by atoms with Crippen LogP contribution in [0.25, 0.3) is 0 Å². The van der Waals surface area contributed by atoms with Gasteiger partial charge in [0.2, 0.25) is 0 Å². The van der Waals surface area contributed by atoms with Gasteiger partial charge in [-0.05, 0) is 40.0 Å². The molecule has 0 saturated carbocycles. The fraction of sp³-hybridized carbons (Fsp3) is 0.600. The Morgan fingerprint density at radius 2 is 0.640 bits per heavy atom. The van der Waals surface area contributed by atoms with E-state index in [1.165, 1.54) is 20.8 Å². The van der Waals surface area contributed by atoms with Crippen molar-refractivity contribution < 1.29 is 61.4 Å². The van der Waals surface area contributed by atoms with Crippen molar-refractivity contribution >= 4 is 35.3 Å². The Balaban J connectivity index is -0.000000130. The van der Waals surface area contributed by atoms with Crippen LogP contribution in [0.5, 0.6) is 0 Å². The van der Waals surface area contributed by atoms with Gasteiger partial charge in [-0.15, -0.1) is 0 Å². The molecule has 141 valence electrons. The van der Waals surface area contributed by atoms with Gasteiger partial charge in [0.05, 0.1) is 0 Å². The third kappa shape index (κ3) is 52.1. The minimum Gasteiger partial charge on any atom is -0.550 e. The summed E-state index contributed by atoms with van der Waals surface area (Å²) in [5.74, 6) is -3.85. The van der Waals surface area contributed by atoms with Crippen molar-refractivity contribution in [2.45, 2.75) is 59.3 Å². The molecule has 0 N–H and O–H groups in total. The fourth-order valence-corrected chi connectivity index (χ4v) is 0.834. The van der Waals surface area contributed by atoms with Crippen molar-refractivity contribution in [3.05, 3.63) is 0 Å². The predicted octanol–water partition coefficient (Wildman–Crippen LogP) is -2.69. The predicted molar refractivity (Wildman–Crippen MR) is 74.8 cm³/mol. The second kappa shape index (κ2) is 20.0. The minimum atomic E-state index is -1.17. The molecule has 0 saturated heterocycles. The first-order valence-electron chi connectivity index (χ1n) is 6.96. The Morgan fingerprint density at radius 3 is 0.680 bits per heavy atom. The van der Waals surface area contributed by atoms with Gasteiger partial charge in [0.25, 0.3) is 0 Å². The molecule has 25 heavy (non-hydrogen) atoms. The minimum absolute atomic E-state index is 0. The molecule has 0 aromatic heterocycles. The molecule has 1 radical (unpaired) electrons. The molecule has 0 unspecified atom stereocenters. The van der Waals surface area contributed by atoms with Crippen molar-refractivity contribution in [2.75, 3.05) is 0 Å². The largest absolute Gasteiger partial charge is 3.00 e. The zero-order valence-corrected chi connectivity index (χ0v) is 15.6. The molecule has 0 aliphatic rings. The van der Waals surface area contributed by atoms with E-state index in [4.69, 9.17) is 0 Å². The summed E-state index contributed by atoms with van der Waals surface area (Å²) in [4.78, 5) is 59.1. The van der Waals surface area contributed by atoms with Gasteiger partial charge >= 0.3 is 17.4 Å². The zero-order chi connectivity index (χ0) is 19.7. The van der Waals surface area contributed by atoms with Gasteiger partial charge in [-0.2, -0.15) is 0 Å². The summed E-state index contributed by atoms with van der Waals surface area (Å²) in [6.45, 7) is 4.05. The average molecular weight is 397 g/mol. The van der Waals surface area contributed by atoms with Crippen molar-refractivity contribution in [1.82, 2.24) is 0 Å². The van der Waals surface area contributed by atoms with Crippen LogP contribution in [0.3, 0.4) is 0 Å².